The fraction of sp³-hybridized carbons (Fsp3) is 0.280. The van der Waals surface area contributed by atoms with Crippen LogP contribution in [-0.2, 0) is 9.47 Å². The van der Waals surface area contributed by atoms with Crippen molar-refractivity contribution in [3.8, 4) is 34.1 Å². The lowest BCUT2D eigenvalue weighted by Crippen LogP contribution is -2.34. The lowest BCUT2D eigenvalue weighted by Gasteiger charge is -2.15. The number of nitrogens with one attached hydrogen (secondary N) is 1. The van der Waals surface area contributed by atoms with Gasteiger partial charge in [0.15, 0.2) is 11.8 Å². The second kappa shape index (κ2) is 8.56. The molecule has 2 N–H and O–H groups in total. The summed E-state index contributed by atoms with van der Waals surface area (Å²) in [5.41, 5.74) is 4.70. The molecule has 0 aliphatic carbocycles. The van der Waals surface area contributed by atoms with E-state index >= 15 is 0 Å². The van der Waals surface area contributed by atoms with E-state index in [1.54, 1.807) is 13.2 Å². The molecule has 34 heavy (non-hydrogen) atoms. The molecule has 0 spiro atoms. The highest BCUT2D eigenvalue weighted by Crippen LogP contribution is 2.34. The van der Waals surface area contributed by atoms with Gasteiger partial charge in [0.25, 0.3) is 6.01 Å². The molecule has 0 saturated carbocycles. The number of H-pyrrole nitrogens is 1. The van der Waals surface area contributed by atoms with Crippen molar-refractivity contribution in [2.24, 2.45) is 0 Å². The Morgan fingerprint density at radius 3 is 2.59 bits per heavy atom. The topological polar surface area (TPSA) is 98.7 Å². The van der Waals surface area contributed by atoms with E-state index in [1.165, 1.54) is 0 Å². The van der Waals surface area contributed by atoms with E-state index in [2.05, 4.69) is 15.0 Å². The molecule has 0 unspecified atom stereocenters. The average molecular weight is 480 g/mol. The Labute approximate surface area is 200 Å². The van der Waals surface area contributed by atoms with Gasteiger partial charge in [-0.2, -0.15) is 4.98 Å². The molecule has 4 heterocycles. The lowest BCUT2D eigenvalue weighted by molar-refractivity contribution is 0.00706. The number of rotatable bonds is 5. The van der Waals surface area contributed by atoms with Crippen LogP contribution < -0.4 is 9.47 Å². The third-order valence-electron chi connectivity index (χ3n) is 6.23. The van der Waals surface area contributed by atoms with Crippen LogP contribution in [0.4, 0.5) is 0 Å². The highest BCUT2D eigenvalue weighted by atomic mass is 35.5. The van der Waals surface area contributed by atoms with Crippen LogP contribution in [0.15, 0.2) is 54.6 Å². The predicted octanol–water partition coefficient (Wildman–Crippen LogP) is 3.86. The van der Waals surface area contributed by atoms with E-state index in [1.807, 2.05) is 48.5 Å². The van der Waals surface area contributed by atoms with Crippen LogP contribution in [0.3, 0.4) is 0 Å². The molecule has 0 amide bonds. The van der Waals surface area contributed by atoms with Crippen LogP contribution >= 0.6 is 11.6 Å². The van der Waals surface area contributed by atoms with E-state index in [0.29, 0.717) is 34.5 Å². The number of imidazole rings is 1. The quantitative estimate of drug-likeness (QED) is 0.448. The number of aromatic amines is 1. The first-order valence-electron chi connectivity index (χ1n) is 11.0. The molecule has 2 saturated heterocycles. The van der Waals surface area contributed by atoms with Gasteiger partial charge in [0.05, 0.1) is 36.6 Å². The van der Waals surface area contributed by atoms with Crippen molar-refractivity contribution in [1.29, 1.82) is 0 Å². The molecule has 6 rings (SSSR count). The molecule has 0 radical (unpaired) electrons. The Morgan fingerprint density at radius 2 is 1.76 bits per heavy atom. The Bertz CT molecular complexity index is 1340. The molecular weight excluding hydrogens is 458 g/mol. The summed E-state index contributed by atoms with van der Waals surface area (Å²) in [6, 6.07) is 18.0. The number of para-hydroxylation sites is 1. The summed E-state index contributed by atoms with van der Waals surface area (Å²) in [6.45, 7) is 0.563. The Morgan fingerprint density at radius 1 is 1.00 bits per heavy atom. The number of aliphatic hydroxyl groups is 1. The van der Waals surface area contributed by atoms with E-state index in [0.717, 1.165) is 22.4 Å². The highest BCUT2D eigenvalue weighted by Gasteiger charge is 2.48. The third kappa shape index (κ3) is 3.69. The molecule has 2 fully saturated rings. The maximum Gasteiger partial charge on any atom is 0.296 e. The van der Waals surface area contributed by atoms with Crippen LogP contribution in [0.1, 0.15) is 0 Å². The van der Waals surface area contributed by atoms with Crippen molar-refractivity contribution in [2.75, 3.05) is 20.3 Å². The summed E-state index contributed by atoms with van der Waals surface area (Å²) in [4.78, 5) is 12.3. The number of nitrogens with zero attached hydrogens (tertiary/aromatic N) is 2. The van der Waals surface area contributed by atoms with Gasteiger partial charge < -0.3 is 29.0 Å². The van der Waals surface area contributed by atoms with E-state index < -0.39 is 6.10 Å². The first-order valence-corrected chi connectivity index (χ1v) is 11.4. The largest absolute Gasteiger partial charge is 0.496 e. The fourth-order valence-electron chi connectivity index (χ4n) is 4.53. The van der Waals surface area contributed by atoms with Crippen LogP contribution in [0, 0.1) is 0 Å². The second-order valence-corrected chi connectivity index (χ2v) is 8.74. The summed E-state index contributed by atoms with van der Waals surface area (Å²) in [6.07, 6.45) is -1.68. The smallest absolute Gasteiger partial charge is 0.296 e. The number of hydrogen-bond acceptors (Lipinski definition) is 7. The molecule has 4 aromatic rings. The normalized spacial score (nSPS) is 23.9. The number of aliphatic hydroxyl groups excluding tert-OH is 1. The minimum absolute atomic E-state index is 0.242. The maximum absolute atomic E-state index is 9.92. The average Bonchev–Trinajstić information content (AvgIpc) is 3.55. The van der Waals surface area contributed by atoms with Crippen molar-refractivity contribution < 1.29 is 24.1 Å². The van der Waals surface area contributed by atoms with E-state index in [9.17, 15) is 5.11 Å². The minimum Gasteiger partial charge on any atom is -0.496 e. The summed E-state index contributed by atoms with van der Waals surface area (Å²) < 4.78 is 22.7. The summed E-state index contributed by atoms with van der Waals surface area (Å²) in [5, 5.41) is 10.4. The summed E-state index contributed by atoms with van der Waals surface area (Å²) in [5.74, 6) is 0.813. The van der Waals surface area contributed by atoms with Gasteiger partial charge in [0.1, 0.15) is 24.1 Å². The van der Waals surface area contributed by atoms with Gasteiger partial charge in [-0.15, -0.1) is 0 Å². The molecule has 9 heteroatoms. The number of aromatic nitrogens is 3. The Balaban J connectivity index is 1.26. The third-order valence-corrected chi connectivity index (χ3v) is 6.51. The minimum atomic E-state index is -0.633. The van der Waals surface area contributed by atoms with E-state index in [-0.39, 0.29) is 24.9 Å². The number of fused-ring (bicyclic) bond motifs is 2. The summed E-state index contributed by atoms with van der Waals surface area (Å²) >= 11 is 6.57. The number of halogens is 1. The van der Waals surface area contributed by atoms with Crippen molar-refractivity contribution in [3.63, 3.8) is 0 Å². The van der Waals surface area contributed by atoms with Crippen molar-refractivity contribution in [2.45, 2.75) is 24.4 Å². The molecule has 4 atom stereocenters. The van der Waals surface area contributed by atoms with Crippen molar-refractivity contribution in [3.05, 3.63) is 59.6 Å². The zero-order valence-electron chi connectivity index (χ0n) is 18.3. The van der Waals surface area contributed by atoms with Crippen molar-refractivity contribution >= 4 is 22.8 Å². The predicted molar refractivity (Wildman–Crippen MR) is 126 cm³/mol. The monoisotopic (exact) mass is 479 g/mol. The van der Waals surface area contributed by atoms with Crippen LogP contribution in [0.25, 0.3) is 33.5 Å². The number of benzene rings is 2. The van der Waals surface area contributed by atoms with Gasteiger partial charge >= 0.3 is 0 Å². The molecule has 2 aromatic heterocycles. The fourth-order valence-corrected chi connectivity index (χ4v) is 4.79. The van der Waals surface area contributed by atoms with Crippen molar-refractivity contribution in [1.82, 2.24) is 15.0 Å². The molecule has 2 aliphatic heterocycles. The zero-order valence-corrected chi connectivity index (χ0v) is 19.0. The number of hydrogen-bond donors (Lipinski definition) is 2. The summed E-state index contributed by atoms with van der Waals surface area (Å²) in [7, 11) is 1.66. The number of pyridine rings is 1. The van der Waals surface area contributed by atoms with Crippen LogP contribution in [-0.4, -0.2) is 64.8 Å². The van der Waals surface area contributed by atoms with Crippen LogP contribution in [0.5, 0.6) is 11.8 Å². The standard InChI is InChI=1S/C25H22ClN3O5/c1-31-19-5-3-2-4-15(19)13-6-8-14(9-7-13)21-16(26)10-17-24(28-21)29-25(27-17)34-20-12-33-22-18(30)11-32-23(20)22/h2-10,18,20,22-23,30H,11-12H2,1H3,(H,27,28,29)/t18-,20-,22-,23-/m1/s1. The van der Waals surface area contributed by atoms with Gasteiger partial charge in [0.2, 0.25) is 0 Å². The molecule has 8 nitrogen and oxygen atoms in total. The molecule has 2 aromatic carbocycles. The molecule has 174 valence electrons. The molecule has 2 aliphatic rings. The highest BCUT2D eigenvalue weighted by molar-refractivity contribution is 6.33. The van der Waals surface area contributed by atoms with Crippen LogP contribution in [0.2, 0.25) is 5.02 Å². The SMILES string of the molecule is COc1ccccc1-c1ccc(-c2nc3nc(O[C@@H]4CO[C@H]5[C@@H]4OC[C@H]5O)[nH]c3cc2Cl)cc1. The van der Waals surface area contributed by atoms with Gasteiger partial charge in [-0.3, -0.25) is 0 Å². The molecular formula is C25H22ClN3O5. The van der Waals surface area contributed by atoms with E-state index in [4.69, 9.17) is 30.5 Å². The molecule has 0 bridgehead atoms. The number of methoxy groups -OCH3 is 1. The Kier molecular flexibility index (Phi) is 5.38. The van der Waals surface area contributed by atoms with Gasteiger partial charge in [-0.1, -0.05) is 54.1 Å². The first-order chi connectivity index (χ1) is 16.6. The first kappa shape index (κ1) is 21.4. The second-order valence-electron chi connectivity index (χ2n) is 8.33. The lowest BCUT2D eigenvalue weighted by atomic mass is 10.0. The number of ether oxygens (including phenoxy) is 4. The van der Waals surface area contributed by atoms with Gasteiger partial charge in [-0.05, 0) is 17.7 Å². The zero-order chi connectivity index (χ0) is 23.2. The maximum atomic E-state index is 9.92. The Hall–Kier alpha value is -3.17. The van der Waals surface area contributed by atoms with Gasteiger partial charge in [-0.25, -0.2) is 4.98 Å². The van der Waals surface area contributed by atoms with Gasteiger partial charge in [0, 0.05) is 11.1 Å².